The van der Waals surface area contributed by atoms with Gasteiger partial charge in [-0.1, -0.05) is 6.07 Å². The highest BCUT2D eigenvalue weighted by atomic mass is 32.2. The third-order valence-electron chi connectivity index (χ3n) is 3.99. The van der Waals surface area contributed by atoms with Crippen LogP contribution in [0.3, 0.4) is 0 Å². The van der Waals surface area contributed by atoms with Gasteiger partial charge in [-0.05, 0) is 47.8 Å². The number of thiophene rings is 1. The van der Waals surface area contributed by atoms with Gasteiger partial charge in [0, 0.05) is 27.6 Å². The maximum Gasteiger partial charge on any atom is 0.269 e. The first-order valence-electron chi connectivity index (χ1n) is 8.41. The van der Waals surface area contributed by atoms with Gasteiger partial charge >= 0.3 is 0 Å². The number of nitrogens with zero attached hydrogens (tertiary/aromatic N) is 2. The molecule has 0 unspecified atom stereocenters. The van der Waals surface area contributed by atoms with Crippen LogP contribution >= 0.6 is 23.1 Å². The Balaban J connectivity index is 1.72. The predicted molar refractivity (Wildman–Crippen MR) is 112 cm³/mol. The third-order valence-corrected chi connectivity index (χ3v) is 5.85. The number of hydrogen-bond acceptors (Lipinski definition) is 6. The highest BCUT2D eigenvalue weighted by molar-refractivity contribution is 8.00. The van der Waals surface area contributed by atoms with Crippen LogP contribution in [0, 0.1) is 10.1 Å². The molecule has 6 nitrogen and oxygen atoms in total. The van der Waals surface area contributed by atoms with E-state index in [1.165, 1.54) is 23.9 Å². The zero-order chi connectivity index (χ0) is 19.9. The van der Waals surface area contributed by atoms with Crippen LogP contribution in [0.1, 0.15) is 4.88 Å². The van der Waals surface area contributed by atoms with Crippen molar-refractivity contribution in [2.45, 2.75) is 11.4 Å². The van der Waals surface area contributed by atoms with Gasteiger partial charge in [-0.25, -0.2) is 0 Å². The molecule has 2 aromatic carbocycles. The van der Waals surface area contributed by atoms with Gasteiger partial charge < -0.3 is 9.64 Å². The lowest BCUT2D eigenvalue weighted by Gasteiger charge is -2.22. The van der Waals surface area contributed by atoms with Crippen LogP contribution in [0.2, 0.25) is 0 Å². The summed E-state index contributed by atoms with van der Waals surface area (Å²) in [6, 6.07) is 17.5. The van der Waals surface area contributed by atoms with Crippen LogP contribution in [0.4, 0.5) is 11.4 Å². The maximum absolute atomic E-state index is 12.9. The molecule has 3 aromatic rings. The second-order valence-electron chi connectivity index (χ2n) is 5.80. The second kappa shape index (κ2) is 9.38. The normalized spacial score (nSPS) is 10.5. The summed E-state index contributed by atoms with van der Waals surface area (Å²) in [5.74, 6) is 0.921. The summed E-state index contributed by atoms with van der Waals surface area (Å²) in [6.07, 6.45) is 0. The molecule has 1 amide bonds. The van der Waals surface area contributed by atoms with Crippen molar-refractivity contribution in [3.63, 3.8) is 0 Å². The van der Waals surface area contributed by atoms with E-state index in [1.807, 2.05) is 41.8 Å². The van der Waals surface area contributed by atoms with Gasteiger partial charge in [-0.15, -0.1) is 23.1 Å². The molecule has 0 bridgehead atoms. The van der Waals surface area contributed by atoms with E-state index in [-0.39, 0.29) is 17.3 Å². The fraction of sp³-hybridized carbons (Fsp3) is 0.150. The summed E-state index contributed by atoms with van der Waals surface area (Å²) in [6.45, 7) is 0.490. The van der Waals surface area contributed by atoms with Crippen LogP contribution in [-0.4, -0.2) is 23.7 Å². The molecule has 0 spiro atoms. The van der Waals surface area contributed by atoms with Crippen molar-refractivity contribution in [3.8, 4) is 5.75 Å². The van der Waals surface area contributed by atoms with E-state index >= 15 is 0 Å². The quantitative estimate of drug-likeness (QED) is 0.295. The Hall–Kier alpha value is -2.84. The molecular formula is C20H18N2O4S2. The van der Waals surface area contributed by atoms with Gasteiger partial charge in [0.1, 0.15) is 5.75 Å². The minimum absolute atomic E-state index is 0.0354. The summed E-state index contributed by atoms with van der Waals surface area (Å²) < 4.78 is 5.19. The standard InChI is InChI=1S/C20H18N2O4S2/c1-26-17-8-4-15(5-9-17)21(13-19-3-2-12-27-19)20(23)14-28-18-10-6-16(7-11-18)22(24)25/h2-12H,13-14H2,1H3. The Bertz CT molecular complexity index is 926. The highest BCUT2D eigenvalue weighted by Crippen LogP contribution is 2.26. The second-order valence-corrected chi connectivity index (χ2v) is 7.88. The average Bonchev–Trinajstić information content (AvgIpc) is 3.24. The summed E-state index contributed by atoms with van der Waals surface area (Å²) in [4.78, 5) is 26.9. The van der Waals surface area contributed by atoms with E-state index in [9.17, 15) is 14.9 Å². The monoisotopic (exact) mass is 414 g/mol. The Labute approximate surface area is 170 Å². The largest absolute Gasteiger partial charge is 0.497 e. The molecule has 3 rings (SSSR count). The number of hydrogen-bond donors (Lipinski definition) is 0. The zero-order valence-corrected chi connectivity index (χ0v) is 16.7. The van der Waals surface area contributed by atoms with Crippen LogP contribution in [0.25, 0.3) is 0 Å². The van der Waals surface area contributed by atoms with Gasteiger partial charge in [0.2, 0.25) is 5.91 Å². The molecule has 1 heterocycles. The van der Waals surface area contributed by atoms with Crippen molar-refractivity contribution in [3.05, 3.63) is 81.0 Å². The SMILES string of the molecule is COc1ccc(N(Cc2cccs2)C(=O)CSc2ccc([N+](=O)[O-])cc2)cc1. The fourth-order valence-electron chi connectivity index (χ4n) is 2.53. The molecule has 0 aliphatic heterocycles. The Morgan fingerprint density at radius 3 is 2.43 bits per heavy atom. The van der Waals surface area contributed by atoms with Gasteiger partial charge in [0.15, 0.2) is 0 Å². The van der Waals surface area contributed by atoms with Crippen LogP contribution < -0.4 is 9.64 Å². The van der Waals surface area contributed by atoms with Gasteiger partial charge in [-0.3, -0.25) is 14.9 Å². The molecule has 1 aromatic heterocycles. The fourth-order valence-corrected chi connectivity index (χ4v) is 4.00. The lowest BCUT2D eigenvalue weighted by molar-refractivity contribution is -0.384. The first-order chi connectivity index (χ1) is 13.6. The summed E-state index contributed by atoms with van der Waals surface area (Å²) in [5.41, 5.74) is 0.830. The van der Waals surface area contributed by atoms with Gasteiger partial charge in [0.05, 0.1) is 24.3 Å². The summed E-state index contributed by atoms with van der Waals surface area (Å²) >= 11 is 2.96. The van der Waals surface area contributed by atoms with Crippen LogP contribution in [-0.2, 0) is 11.3 Å². The molecule has 0 aliphatic rings. The average molecular weight is 415 g/mol. The zero-order valence-electron chi connectivity index (χ0n) is 15.1. The first kappa shape index (κ1) is 19.9. The van der Waals surface area contributed by atoms with E-state index in [1.54, 1.807) is 35.5 Å². The van der Waals surface area contributed by atoms with Crippen molar-refractivity contribution in [1.82, 2.24) is 0 Å². The number of carbonyl (C=O) groups is 1. The Morgan fingerprint density at radius 1 is 1.14 bits per heavy atom. The molecule has 0 radical (unpaired) electrons. The summed E-state index contributed by atoms with van der Waals surface area (Å²) in [5, 5.41) is 12.7. The number of anilines is 1. The van der Waals surface area contributed by atoms with Crippen LogP contribution in [0.15, 0.2) is 70.9 Å². The van der Waals surface area contributed by atoms with E-state index in [2.05, 4.69) is 0 Å². The maximum atomic E-state index is 12.9. The minimum atomic E-state index is -0.438. The first-order valence-corrected chi connectivity index (χ1v) is 10.3. The number of methoxy groups -OCH3 is 1. The van der Waals surface area contributed by atoms with E-state index in [0.717, 1.165) is 21.2 Å². The van der Waals surface area contributed by atoms with Gasteiger partial charge in [0.25, 0.3) is 5.69 Å². The number of nitro groups is 1. The van der Waals surface area contributed by atoms with Crippen molar-refractivity contribution in [1.29, 1.82) is 0 Å². The number of nitro benzene ring substituents is 1. The molecule has 8 heteroatoms. The minimum Gasteiger partial charge on any atom is -0.497 e. The van der Waals surface area contributed by atoms with Crippen LogP contribution in [0.5, 0.6) is 5.75 Å². The van der Waals surface area contributed by atoms with Crippen molar-refractivity contribution in [2.75, 3.05) is 17.8 Å². The molecule has 28 heavy (non-hydrogen) atoms. The molecule has 0 fully saturated rings. The smallest absolute Gasteiger partial charge is 0.269 e. The topological polar surface area (TPSA) is 72.7 Å². The Kier molecular flexibility index (Phi) is 6.67. The summed E-state index contributed by atoms with van der Waals surface area (Å²) in [7, 11) is 1.60. The third kappa shape index (κ3) is 5.11. The number of carbonyl (C=O) groups excluding carboxylic acids is 1. The highest BCUT2D eigenvalue weighted by Gasteiger charge is 2.17. The molecule has 144 valence electrons. The number of benzene rings is 2. The van der Waals surface area contributed by atoms with E-state index in [0.29, 0.717) is 6.54 Å². The lowest BCUT2D eigenvalue weighted by atomic mass is 10.2. The number of rotatable bonds is 8. The number of ether oxygens (including phenoxy) is 1. The van der Waals surface area contributed by atoms with E-state index < -0.39 is 4.92 Å². The number of thioether (sulfide) groups is 1. The molecule has 0 atom stereocenters. The number of amides is 1. The van der Waals surface area contributed by atoms with E-state index in [4.69, 9.17) is 4.74 Å². The number of non-ortho nitro benzene ring substituents is 1. The molecule has 0 saturated carbocycles. The molecule has 0 aliphatic carbocycles. The molecule has 0 saturated heterocycles. The lowest BCUT2D eigenvalue weighted by Crippen LogP contribution is -2.31. The van der Waals surface area contributed by atoms with Gasteiger partial charge in [-0.2, -0.15) is 0 Å². The Morgan fingerprint density at radius 2 is 1.86 bits per heavy atom. The molecular weight excluding hydrogens is 396 g/mol. The van der Waals surface area contributed by atoms with Crippen molar-refractivity contribution < 1.29 is 14.5 Å². The molecule has 0 N–H and O–H groups in total. The van der Waals surface area contributed by atoms with Crippen molar-refractivity contribution in [2.24, 2.45) is 0 Å². The van der Waals surface area contributed by atoms with Crippen molar-refractivity contribution >= 4 is 40.4 Å². The predicted octanol–water partition coefficient (Wildman–Crippen LogP) is 4.99.